The zero-order valence-electron chi connectivity index (χ0n) is 10.6. The first kappa shape index (κ1) is 12.4. The molecule has 0 unspecified atom stereocenters. The SMILES string of the molecule is [B]c1cc(-c2ccc3ccccc3c2)ccc1[N+](=O)[O-]. The van der Waals surface area contributed by atoms with Gasteiger partial charge in [0.05, 0.1) is 4.92 Å². The number of benzene rings is 3. The molecule has 3 nitrogen and oxygen atoms in total. The summed E-state index contributed by atoms with van der Waals surface area (Å²) in [6, 6.07) is 18.9. The molecule has 0 bridgehead atoms. The van der Waals surface area contributed by atoms with Crippen LogP contribution in [-0.2, 0) is 0 Å². The minimum absolute atomic E-state index is 0.0606. The van der Waals surface area contributed by atoms with Crippen molar-refractivity contribution in [3.8, 4) is 11.1 Å². The molecule has 0 heterocycles. The van der Waals surface area contributed by atoms with Gasteiger partial charge in [0.25, 0.3) is 5.69 Å². The first-order valence-corrected chi connectivity index (χ1v) is 6.18. The lowest BCUT2D eigenvalue weighted by Gasteiger charge is -2.06. The largest absolute Gasteiger partial charge is 0.262 e. The summed E-state index contributed by atoms with van der Waals surface area (Å²) in [7, 11) is 5.73. The van der Waals surface area contributed by atoms with Crippen molar-refractivity contribution in [1.82, 2.24) is 0 Å². The van der Waals surface area contributed by atoms with E-state index in [4.69, 9.17) is 7.85 Å². The summed E-state index contributed by atoms with van der Waals surface area (Å²) in [6.07, 6.45) is 0. The minimum Gasteiger partial charge on any atom is -0.258 e. The Bertz CT molecular complexity index is 814. The number of nitro groups is 1. The first-order chi connectivity index (χ1) is 9.65. The Hall–Kier alpha value is -2.62. The van der Waals surface area contributed by atoms with Crippen molar-refractivity contribution in [3.63, 3.8) is 0 Å². The van der Waals surface area contributed by atoms with Crippen molar-refractivity contribution in [2.75, 3.05) is 0 Å². The highest BCUT2D eigenvalue weighted by atomic mass is 16.6. The van der Waals surface area contributed by atoms with Crippen LogP contribution in [0.3, 0.4) is 0 Å². The van der Waals surface area contributed by atoms with E-state index in [-0.39, 0.29) is 11.2 Å². The highest BCUT2D eigenvalue weighted by molar-refractivity contribution is 6.35. The molecule has 0 spiro atoms. The van der Waals surface area contributed by atoms with Crippen LogP contribution in [-0.4, -0.2) is 12.8 Å². The Balaban J connectivity index is 2.11. The Morgan fingerprint density at radius 3 is 2.20 bits per heavy atom. The molecule has 20 heavy (non-hydrogen) atoms. The first-order valence-electron chi connectivity index (χ1n) is 6.18. The molecule has 0 aliphatic carbocycles. The fraction of sp³-hybridized carbons (Fsp3) is 0. The van der Waals surface area contributed by atoms with E-state index in [0.29, 0.717) is 0 Å². The molecule has 4 heteroatoms. The van der Waals surface area contributed by atoms with Gasteiger partial charge in [-0.15, -0.1) is 0 Å². The number of nitro benzene ring substituents is 1. The van der Waals surface area contributed by atoms with E-state index < -0.39 is 4.92 Å². The standard InChI is InChI=1S/C16H10BNO2/c17-15-10-14(7-8-16(15)18(19)20)13-6-5-11-3-1-2-4-12(11)9-13/h1-10H. The monoisotopic (exact) mass is 259 g/mol. The minimum atomic E-state index is -0.473. The molecule has 0 saturated heterocycles. The highest BCUT2D eigenvalue weighted by Gasteiger charge is 2.10. The maximum absolute atomic E-state index is 10.8. The number of nitrogens with zero attached hydrogens (tertiary/aromatic N) is 1. The van der Waals surface area contributed by atoms with Gasteiger partial charge in [-0.2, -0.15) is 0 Å². The molecular weight excluding hydrogens is 249 g/mol. The number of hydrogen-bond donors (Lipinski definition) is 0. The molecule has 0 amide bonds. The Kier molecular flexibility index (Phi) is 2.99. The zero-order valence-corrected chi connectivity index (χ0v) is 10.6. The molecule has 3 aromatic rings. The second-order valence-corrected chi connectivity index (χ2v) is 4.59. The average molecular weight is 259 g/mol. The van der Waals surface area contributed by atoms with Gasteiger partial charge in [-0.3, -0.25) is 10.1 Å². The predicted molar refractivity (Wildman–Crippen MR) is 81.4 cm³/mol. The molecule has 94 valence electrons. The number of fused-ring (bicyclic) bond motifs is 1. The predicted octanol–water partition coefficient (Wildman–Crippen LogP) is 3.21. The van der Waals surface area contributed by atoms with E-state index in [0.717, 1.165) is 21.9 Å². The molecule has 0 aliphatic heterocycles. The van der Waals surface area contributed by atoms with E-state index in [2.05, 4.69) is 6.07 Å². The summed E-state index contributed by atoms with van der Waals surface area (Å²) < 4.78 is 0. The van der Waals surface area contributed by atoms with Gasteiger partial charge in [0, 0.05) is 6.07 Å². The van der Waals surface area contributed by atoms with Crippen LogP contribution in [0.25, 0.3) is 21.9 Å². The summed E-state index contributed by atoms with van der Waals surface area (Å²) in [5.41, 5.74) is 1.99. The lowest BCUT2D eigenvalue weighted by Crippen LogP contribution is -2.09. The second-order valence-electron chi connectivity index (χ2n) is 4.59. The van der Waals surface area contributed by atoms with Gasteiger partial charge in [0.15, 0.2) is 0 Å². The normalized spacial score (nSPS) is 10.6. The summed E-state index contributed by atoms with van der Waals surface area (Å²) in [5, 5.41) is 13.1. The summed E-state index contributed by atoms with van der Waals surface area (Å²) in [6.45, 7) is 0. The van der Waals surface area contributed by atoms with Gasteiger partial charge in [-0.25, -0.2) is 0 Å². The highest BCUT2D eigenvalue weighted by Crippen LogP contribution is 2.25. The maximum atomic E-state index is 10.8. The van der Waals surface area contributed by atoms with Crippen molar-refractivity contribution in [2.24, 2.45) is 0 Å². The molecule has 0 aromatic heterocycles. The molecule has 0 saturated carbocycles. The fourth-order valence-corrected chi connectivity index (χ4v) is 2.27. The zero-order chi connectivity index (χ0) is 14.1. The van der Waals surface area contributed by atoms with Gasteiger partial charge in [0.2, 0.25) is 0 Å². The molecule has 2 radical (unpaired) electrons. The van der Waals surface area contributed by atoms with E-state index in [1.165, 1.54) is 6.07 Å². The lowest BCUT2D eigenvalue weighted by atomic mass is 9.90. The van der Waals surface area contributed by atoms with E-state index in [9.17, 15) is 10.1 Å². The van der Waals surface area contributed by atoms with Gasteiger partial charge < -0.3 is 0 Å². The van der Waals surface area contributed by atoms with Gasteiger partial charge in [-0.05, 0) is 39.5 Å². The van der Waals surface area contributed by atoms with Crippen LogP contribution in [0.15, 0.2) is 60.7 Å². The van der Waals surface area contributed by atoms with Gasteiger partial charge >= 0.3 is 0 Å². The van der Waals surface area contributed by atoms with Crippen LogP contribution >= 0.6 is 0 Å². The third-order valence-corrected chi connectivity index (χ3v) is 3.31. The fourth-order valence-electron chi connectivity index (χ4n) is 2.27. The molecule has 3 rings (SSSR count). The Morgan fingerprint density at radius 2 is 1.50 bits per heavy atom. The Morgan fingerprint density at radius 1 is 0.850 bits per heavy atom. The quantitative estimate of drug-likeness (QED) is 0.403. The van der Waals surface area contributed by atoms with Crippen molar-refractivity contribution in [3.05, 3.63) is 70.8 Å². The molecule has 0 aliphatic rings. The summed E-state index contributed by atoms with van der Waals surface area (Å²) >= 11 is 0. The maximum Gasteiger partial charge on any atom is 0.262 e. The third kappa shape index (κ3) is 2.16. The van der Waals surface area contributed by atoms with Crippen LogP contribution in [0.2, 0.25) is 0 Å². The van der Waals surface area contributed by atoms with Crippen LogP contribution in [0.1, 0.15) is 0 Å². The average Bonchev–Trinajstić information content (AvgIpc) is 2.46. The number of rotatable bonds is 2. The topological polar surface area (TPSA) is 43.1 Å². The van der Waals surface area contributed by atoms with E-state index >= 15 is 0 Å². The molecule has 3 aromatic carbocycles. The van der Waals surface area contributed by atoms with Gasteiger partial charge in [0.1, 0.15) is 7.85 Å². The lowest BCUT2D eigenvalue weighted by molar-refractivity contribution is -0.383. The van der Waals surface area contributed by atoms with E-state index in [1.807, 2.05) is 36.4 Å². The Labute approximate surface area is 117 Å². The second kappa shape index (κ2) is 4.81. The van der Waals surface area contributed by atoms with Crippen molar-refractivity contribution < 1.29 is 4.92 Å². The van der Waals surface area contributed by atoms with Crippen LogP contribution in [0, 0.1) is 10.1 Å². The molecule has 0 N–H and O–H groups in total. The molecule has 0 fully saturated rings. The van der Waals surface area contributed by atoms with Crippen molar-refractivity contribution >= 4 is 29.8 Å². The smallest absolute Gasteiger partial charge is 0.258 e. The van der Waals surface area contributed by atoms with Gasteiger partial charge in [-0.1, -0.05) is 42.5 Å². The number of hydrogen-bond acceptors (Lipinski definition) is 2. The van der Waals surface area contributed by atoms with Crippen LogP contribution < -0.4 is 5.46 Å². The summed E-state index contributed by atoms with van der Waals surface area (Å²) in [4.78, 5) is 10.3. The van der Waals surface area contributed by atoms with Crippen molar-refractivity contribution in [1.29, 1.82) is 0 Å². The molecule has 0 atom stereocenters. The van der Waals surface area contributed by atoms with Crippen LogP contribution in [0.4, 0.5) is 5.69 Å². The van der Waals surface area contributed by atoms with Crippen molar-refractivity contribution in [2.45, 2.75) is 0 Å². The third-order valence-electron chi connectivity index (χ3n) is 3.31. The van der Waals surface area contributed by atoms with Crippen LogP contribution in [0.5, 0.6) is 0 Å². The van der Waals surface area contributed by atoms with E-state index in [1.54, 1.807) is 12.1 Å². The summed E-state index contributed by atoms with van der Waals surface area (Å²) in [5.74, 6) is 0. The molecular formula is C16H10BNO2.